The van der Waals surface area contributed by atoms with E-state index < -0.39 is 5.91 Å². The molecule has 0 bridgehead atoms. The predicted octanol–water partition coefficient (Wildman–Crippen LogP) is 7.48. The van der Waals surface area contributed by atoms with E-state index in [0.29, 0.717) is 39.4 Å². The molecule has 0 heterocycles. The first-order valence-corrected chi connectivity index (χ1v) is 11.5. The van der Waals surface area contributed by atoms with E-state index in [2.05, 4.69) is 5.32 Å². The lowest BCUT2D eigenvalue weighted by Gasteiger charge is -2.15. The van der Waals surface area contributed by atoms with Gasteiger partial charge in [-0.1, -0.05) is 58.6 Å². The van der Waals surface area contributed by atoms with Crippen LogP contribution in [-0.4, -0.2) is 12.5 Å². The summed E-state index contributed by atoms with van der Waals surface area (Å²) < 4.78 is 11.6. The molecule has 1 amide bonds. The fraction of sp³-hybridized carbons (Fsp3) is 0.154. The molecule has 174 valence electrons. The van der Waals surface area contributed by atoms with Crippen molar-refractivity contribution in [1.82, 2.24) is 0 Å². The summed E-state index contributed by atoms with van der Waals surface area (Å²) in [6.45, 7) is 4.28. The van der Waals surface area contributed by atoms with E-state index in [4.69, 9.17) is 44.3 Å². The van der Waals surface area contributed by atoms with Crippen LogP contribution < -0.4 is 14.8 Å². The number of nitriles is 1. The molecule has 0 saturated heterocycles. The number of halogens is 3. The van der Waals surface area contributed by atoms with Crippen LogP contribution in [0.5, 0.6) is 11.5 Å². The first-order chi connectivity index (χ1) is 16.3. The molecule has 3 aromatic carbocycles. The van der Waals surface area contributed by atoms with Crippen molar-refractivity contribution in [2.45, 2.75) is 20.5 Å². The molecule has 0 fully saturated rings. The third-order valence-electron chi connectivity index (χ3n) is 4.70. The van der Waals surface area contributed by atoms with Gasteiger partial charge in [0.1, 0.15) is 18.2 Å². The van der Waals surface area contributed by atoms with E-state index in [9.17, 15) is 10.1 Å². The highest BCUT2D eigenvalue weighted by Gasteiger charge is 2.15. The van der Waals surface area contributed by atoms with Crippen molar-refractivity contribution < 1.29 is 14.3 Å². The fourth-order valence-electron chi connectivity index (χ4n) is 3.01. The molecule has 0 aliphatic carbocycles. The zero-order chi connectivity index (χ0) is 24.7. The maximum atomic E-state index is 12.6. The monoisotopic (exact) mass is 514 g/mol. The normalized spacial score (nSPS) is 11.0. The van der Waals surface area contributed by atoms with Crippen LogP contribution in [0, 0.1) is 18.3 Å². The number of hydrogen-bond acceptors (Lipinski definition) is 4. The minimum absolute atomic E-state index is 0.0827. The van der Waals surface area contributed by atoms with Crippen LogP contribution in [-0.2, 0) is 11.4 Å². The van der Waals surface area contributed by atoms with E-state index in [1.807, 2.05) is 32.0 Å². The van der Waals surface area contributed by atoms with Crippen LogP contribution >= 0.6 is 34.8 Å². The summed E-state index contributed by atoms with van der Waals surface area (Å²) in [4.78, 5) is 12.6. The van der Waals surface area contributed by atoms with Gasteiger partial charge in [0.2, 0.25) is 0 Å². The molecule has 0 unspecified atom stereocenters. The summed E-state index contributed by atoms with van der Waals surface area (Å²) in [7, 11) is 0. The molecule has 0 radical (unpaired) electrons. The number of carbonyl (C=O) groups is 1. The van der Waals surface area contributed by atoms with Crippen LogP contribution in [0.25, 0.3) is 6.08 Å². The number of rotatable bonds is 8. The molecule has 0 atom stereocenters. The molecule has 0 spiro atoms. The Morgan fingerprint density at radius 2 is 1.76 bits per heavy atom. The van der Waals surface area contributed by atoms with Crippen LogP contribution in [0.15, 0.2) is 60.2 Å². The fourth-order valence-corrected chi connectivity index (χ4v) is 3.75. The van der Waals surface area contributed by atoms with Gasteiger partial charge >= 0.3 is 0 Å². The van der Waals surface area contributed by atoms with Crippen molar-refractivity contribution in [1.29, 1.82) is 5.26 Å². The average Bonchev–Trinajstić information content (AvgIpc) is 2.79. The van der Waals surface area contributed by atoms with Crippen LogP contribution in [0.3, 0.4) is 0 Å². The standard InChI is InChI=1S/C26H21Cl3N2O3/c1-3-33-24-12-17(10-19(14-30)26(32)31-21-8-4-16(2)5-9-21)11-23(29)25(24)34-15-18-6-7-20(27)13-22(18)28/h4-13H,3,15H2,1-2H3,(H,31,32)/b19-10+. The highest BCUT2D eigenvalue weighted by molar-refractivity contribution is 6.35. The molecule has 8 heteroatoms. The quantitative estimate of drug-likeness (QED) is 0.249. The third-order valence-corrected chi connectivity index (χ3v) is 5.57. The smallest absolute Gasteiger partial charge is 0.266 e. The van der Waals surface area contributed by atoms with E-state index in [-0.39, 0.29) is 17.2 Å². The number of carbonyl (C=O) groups excluding carboxylic acids is 1. The van der Waals surface area contributed by atoms with Crippen molar-refractivity contribution in [3.63, 3.8) is 0 Å². The lowest BCUT2D eigenvalue weighted by molar-refractivity contribution is -0.112. The Labute approximate surface area is 213 Å². The molecular formula is C26H21Cl3N2O3. The maximum Gasteiger partial charge on any atom is 0.266 e. The third kappa shape index (κ3) is 6.68. The zero-order valence-electron chi connectivity index (χ0n) is 18.5. The van der Waals surface area contributed by atoms with E-state index in [1.165, 1.54) is 6.08 Å². The second-order valence-corrected chi connectivity index (χ2v) is 8.53. The molecule has 3 aromatic rings. The Morgan fingerprint density at radius 3 is 2.41 bits per heavy atom. The van der Waals surface area contributed by atoms with Gasteiger partial charge < -0.3 is 14.8 Å². The Hall–Kier alpha value is -3.17. The zero-order valence-corrected chi connectivity index (χ0v) is 20.8. The van der Waals surface area contributed by atoms with E-state index >= 15 is 0 Å². The molecule has 1 N–H and O–H groups in total. The van der Waals surface area contributed by atoms with Crippen molar-refractivity contribution >= 4 is 52.5 Å². The second kappa shape index (κ2) is 11.8. The molecule has 0 aliphatic heterocycles. The molecular weight excluding hydrogens is 495 g/mol. The highest BCUT2D eigenvalue weighted by atomic mass is 35.5. The second-order valence-electron chi connectivity index (χ2n) is 7.28. The van der Waals surface area contributed by atoms with Gasteiger partial charge in [-0.25, -0.2) is 0 Å². The van der Waals surface area contributed by atoms with Crippen LogP contribution in [0.4, 0.5) is 5.69 Å². The van der Waals surface area contributed by atoms with E-state index in [0.717, 1.165) is 11.1 Å². The number of ether oxygens (including phenoxy) is 2. The number of amides is 1. The number of aryl methyl sites for hydroxylation is 1. The largest absolute Gasteiger partial charge is 0.490 e. The first kappa shape index (κ1) is 25.5. The summed E-state index contributed by atoms with van der Waals surface area (Å²) in [5, 5.41) is 13.5. The summed E-state index contributed by atoms with van der Waals surface area (Å²) in [6, 6.07) is 17.6. The van der Waals surface area contributed by atoms with Gasteiger partial charge in [0.25, 0.3) is 5.91 Å². The van der Waals surface area contributed by atoms with Gasteiger partial charge in [0.05, 0.1) is 11.6 Å². The number of hydrogen-bond donors (Lipinski definition) is 1. The van der Waals surface area contributed by atoms with Gasteiger partial charge in [-0.05, 0) is 61.9 Å². The summed E-state index contributed by atoms with van der Waals surface area (Å²) in [6.07, 6.45) is 1.44. The van der Waals surface area contributed by atoms with Crippen LogP contribution in [0.2, 0.25) is 15.1 Å². The SMILES string of the molecule is CCOc1cc(/C=C(\C#N)C(=O)Nc2ccc(C)cc2)cc(Cl)c1OCc1ccc(Cl)cc1Cl. The first-order valence-electron chi connectivity index (χ1n) is 10.3. The molecule has 3 rings (SSSR count). The lowest BCUT2D eigenvalue weighted by Crippen LogP contribution is -2.13. The molecule has 0 aromatic heterocycles. The van der Waals surface area contributed by atoms with Crippen molar-refractivity contribution in [3.05, 3.63) is 91.9 Å². The minimum Gasteiger partial charge on any atom is -0.490 e. The lowest BCUT2D eigenvalue weighted by atomic mass is 10.1. The van der Waals surface area contributed by atoms with Crippen molar-refractivity contribution in [3.8, 4) is 17.6 Å². The molecule has 5 nitrogen and oxygen atoms in total. The Balaban J connectivity index is 1.85. The van der Waals surface area contributed by atoms with Crippen molar-refractivity contribution in [2.75, 3.05) is 11.9 Å². The maximum absolute atomic E-state index is 12.6. The highest BCUT2D eigenvalue weighted by Crippen LogP contribution is 2.38. The summed E-state index contributed by atoms with van der Waals surface area (Å²) in [5.74, 6) is 0.176. The summed E-state index contributed by atoms with van der Waals surface area (Å²) in [5.41, 5.74) is 2.82. The number of nitrogens with zero attached hydrogens (tertiary/aromatic N) is 1. The molecule has 0 aliphatic rings. The van der Waals surface area contributed by atoms with Crippen molar-refractivity contribution in [2.24, 2.45) is 0 Å². The van der Waals surface area contributed by atoms with Gasteiger partial charge in [0, 0.05) is 21.3 Å². The summed E-state index contributed by atoms with van der Waals surface area (Å²) >= 11 is 18.7. The van der Waals surface area contributed by atoms with Gasteiger partial charge in [-0.2, -0.15) is 5.26 Å². The Kier molecular flexibility index (Phi) is 8.84. The Morgan fingerprint density at radius 1 is 1.03 bits per heavy atom. The number of benzene rings is 3. The van der Waals surface area contributed by atoms with Gasteiger partial charge in [-0.15, -0.1) is 0 Å². The average molecular weight is 516 g/mol. The topological polar surface area (TPSA) is 71.3 Å². The predicted molar refractivity (Wildman–Crippen MR) is 137 cm³/mol. The van der Waals surface area contributed by atoms with Gasteiger partial charge in [0.15, 0.2) is 11.5 Å². The number of nitrogens with one attached hydrogen (secondary N) is 1. The van der Waals surface area contributed by atoms with E-state index in [1.54, 1.807) is 42.5 Å². The minimum atomic E-state index is -0.529. The Bertz CT molecular complexity index is 1270. The van der Waals surface area contributed by atoms with Gasteiger partial charge in [-0.3, -0.25) is 4.79 Å². The number of anilines is 1. The molecule has 0 saturated carbocycles. The van der Waals surface area contributed by atoms with Crippen LogP contribution in [0.1, 0.15) is 23.6 Å². The molecule has 34 heavy (non-hydrogen) atoms.